The Labute approximate surface area is 97.0 Å². The van der Waals surface area contributed by atoms with E-state index in [-0.39, 0.29) is 11.5 Å². The molecule has 0 aromatic heterocycles. The molecule has 0 heterocycles. The number of allylic oxidation sites excluding steroid dienone is 1. The highest BCUT2D eigenvalue weighted by atomic mass is 79.9. The molecule has 0 fully saturated rings. The van der Waals surface area contributed by atoms with Gasteiger partial charge in [0.05, 0.1) is 6.10 Å². The normalized spacial score (nSPS) is 16.9. The van der Waals surface area contributed by atoms with Crippen molar-refractivity contribution in [1.82, 2.24) is 0 Å². The van der Waals surface area contributed by atoms with Gasteiger partial charge in [0, 0.05) is 7.11 Å². The van der Waals surface area contributed by atoms with E-state index in [4.69, 9.17) is 4.74 Å². The van der Waals surface area contributed by atoms with Gasteiger partial charge < -0.3 is 4.74 Å². The molecular formula is C12H23BrO. The zero-order valence-corrected chi connectivity index (χ0v) is 12.0. The maximum atomic E-state index is 5.56. The van der Waals surface area contributed by atoms with Crippen LogP contribution in [0.2, 0.25) is 0 Å². The molecule has 1 unspecified atom stereocenters. The van der Waals surface area contributed by atoms with Gasteiger partial charge in [0.1, 0.15) is 0 Å². The quantitative estimate of drug-likeness (QED) is 0.734. The third kappa shape index (κ3) is 3.74. The Kier molecular flexibility index (Phi) is 5.38. The lowest BCUT2D eigenvalue weighted by atomic mass is 9.84. The highest BCUT2D eigenvalue weighted by Gasteiger charge is 2.27. The number of ether oxygens (including phenoxy) is 1. The van der Waals surface area contributed by atoms with Gasteiger partial charge in [-0.15, -0.1) is 0 Å². The van der Waals surface area contributed by atoms with E-state index in [2.05, 4.69) is 57.5 Å². The van der Waals surface area contributed by atoms with Crippen LogP contribution in [0.25, 0.3) is 0 Å². The van der Waals surface area contributed by atoms with Gasteiger partial charge in [0.15, 0.2) is 0 Å². The molecule has 1 nitrogen and oxygen atoms in total. The molecule has 0 N–H and O–H groups in total. The summed E-state index contributed by atoms with van der Waals surface area (Å²) in [5, 5.41) is 0. The molecule has 0 aromatic carbocycles. The molecule has 84 valence electrons. The van der Waals surface area contributed by atoms with Crippen LogP contribution in [0.4, 0.5) is 0 Å². The summed E-state index contributed by atoms with van der Waals surface area (Å²) in [4.78, 5) is 0. The van der Waals surface area contributed by atoms with Crippen LogP contribution in [0.3, 0.4) is 0 Å². The van der Waals surface area contributed by atoms with E-state index >= 15 is 0 Å². The smallest absolute Gasteiger partial charge is 0.0837 e. The molecule has 0 aromatic rings. The van der Waals surface area contributed by atoms with Crippen molar-refractivity contribution in [2.24, 2.45) is 11.3 Å². The summed E-state index contributed by atoms with van der Waals surface area (Å²) in [6.07, 6.45) is 0.180. The Morgan fingerprint density at radius 1 is 1.21 bits per heavy atom. The zero-order chi connectivity index (χ0) is 11.5. The van der Waals surface area contributed by atoms with E-state index in [0.29, 0.717) is 5.92 Å². The van der Waals surface area contributed by atoms with Crippen molar-refractivity contribution in [1.29, 1.82) is 0 Å². The second kappa shape index (κ2) is 5.32. The van der Waals surface area contributed by atoms with Crippen LogP contribution in [-0.2, 0) is 4.74 Å². The summed E-state index contributed by atoms with van der Waals surface area (Å²) in [7, 11) is 1.78. The highest BCUT2D eigenvalue weighted by Crippen LogP contribution is 2.33. The van der Waals surface area contributed by atoms with E-state index in [1.807, 2.05) is 0 Å². The van der Waals surface area contributed by atoms with Gasteiger partial charge in [0.2, 0.25) is 0 Å². The summed E-state index contributed by atoms with van der Waals surface area (Å²) in [5.41, 5.74) is 1.45. The first-order valence-corrected chi connectivity index (χ1v) is 5.90. The number of halogens is 1. The average Bonchev–Trinajstić information content (AvgIpc) is 2.01. The predicted molar refractivity (Wildman–Crippen MR) is 66.7 cm³/mol. The van der Waals surface area contributed by atoms with Crippen LogP contribution in [0.5, 0.6) is 0 Å². The summed E-state index contributed by atoms with van der Waals surface area (Å²) < 4.78 is 6.82. The molecule has 0 saturated carbocycles. The van der Waals surface area contributed by atoms with Gasteiger partial charge in [-0.1, -0.05) is 50.5 Å². The maximum absolute atomic E-state index is 5.56. The molecule has 0 spiro atoms. The van der Waals surface area contributed by atoms with Gasteiger partial charge in [-0.2, -0.15) is 0 Å². The van der Waals surface area contributed by atoms with E-state index in [1.165, 1.54) is 10.1 Å². The topological polar surface area (TPSA) is 9.23 Å². The predicted octanol–water partition coefficient (Wildman–Crippen LogP) is 4.37. The fraction of sp³-hybridized carbons (Fsp3) is 0.833. The van der Waals surface area contributed by atoms with E-state index in [0.717, 1.165) is 0 Å². The minimum absolute atomic E-state index is 0.146. The molecule has 0 rings (SSSR count). The molecule has 2 heteroatoms. The van der Waals surface area contributed by atoms with Crippen LogP contribution in [0.15, 0.2) is 10.1 Å². The van der Waals surface area contributed by atoms with Crippen molar-refractivity contribution >= 4 is 15.9 Å². The zero-order valence-electron chi connectivity index (χ0n) is 10.4. The molecular weight excluding hydrogens is 240 g/mol. The van der Waals surface area contributed by atoms with Gasteiger partial charge in [0.25, 0.3) is 0 Å². The van der Waals surface area contributed by atoms with Crippen molar-refractivity contribution < 1.29 is 4.74 Å². The number of hydrogen-bond donors (Lipinski definition) is 0. The molecule has 0 aliphatic heterocycles. The van der Waals surface area contributed by atoms with Crippen molar-refractivity contribution in [3.8, 4) is 0 Å². The molecule has 1 atom stereocenters. The fourth-order valence-corrected chi connectivity index (χ4v) is 1.97. The summed E-state index contributed by atoms with van der Waals surface area (Å²) in [6, 6.07) is 0. The van der Waals surface area contributed by atoms with Crippen LogP contribution in [0, 0.1) is 11.3 Å². The minimum atomic E-state index is 0.146. The summed E-state index contributed by atoms with van der Waals surface area (Å²) in [6.45, 7) is 13.1. The molecule has 0 amide bonds. The molecule has 14 heavy (non-hydrogen) atoms. The van der Waals surface area contributed by atoms with Gasteiger partial charge in [-0.05, 0) is 28.3 Å². The SMILES string of the molecule is COC(C(C)=C(Br)C(C)C)C(C)(C)C. The largest absolute Gasteiger partial charge is 0.377 e. The minimum Gasteiger partial charge on any atom is -0.377 e. The molecule has 0 aliphatic rings. The summed E-state index contributed by atoms with van der Waals surface area (Å²) in [5.74, 6) is 0.523. The van der Waals surface area contributed by atoms with Gasteiger partial charge in [-0.25, -0.2) is 0 Å². The summed E-state index contributed by atoms with van der Waals surface area (Å²) >= 11 is 3.64. The molecule has 0 aliphatic carbocycles. The third-order valence-corrected chi connectivity index (χ3v) is 3.84. The molecule has 0 radical (unpaired) electrons. The van der Waals surface area contributed by atoms with Crippen LogP contribution in [0.1, 0.15) is 41.5 Å². The maximum Gasteiger partial charge on any atom is 0.0837 e. The van der Waals surface area contributed by atoms with Gasteiger partial charge in [-0.3, -0.25) is 0 Å². The Morgan fingerprint density at radius 2 is 1.64 bits per heavy atom. The number of rotatable bonds is 3. The first kappa shape index (κ1) is 14.2. The third-order valence-electron chi connectivity index (χ3n) is 2.30. The van der Waals surface area contributed by atoms with Crippen LogP contribution in [-0.4, -0.2) is 13.2 Å². The Balaban J connectivity index is 4.97. The van der Waals surface area contributed by atoms with Gasteiger partial charge >= 0.3 is 0 Å². The lowest BCUT2D eigenvalue weighted by Crippen LogP contribution is -2.30. The Bertz CT molecular complexity index is 211. The first-order valence-electron chi connectivity index (χ1n) is 5.10. The van der Waals surface area contributed by atoms with Crippen LogP contribution >= 0.6 is 15.9 Å². The first-order chi connectivity index (χ1) is 6.21. The Morgan fingerprint density at radius 3 is 1.86 bits per heavy atom. The fourth-order valence-electron chi connectivity index (χ4n) is 1.76. The monoisotopic (exact) mass is 262 g/mol. The molecule has 0 bridgehead atoms. The van der Waals surface area contributed by atoms with Crippen molar-refractivity contribution in [2.45, 2.75) is 47.6 Å². The average molecular weight is 263 g/mol. The standard InChI is InChI=1S/C12H23BrO/c1-8(2)10(13)9(3)11(14-7)12(4,5)6/h8,11H,1-7H3. The number of hydrogen-bond acceptors (Lipinski definition) is 1. The van der Waals surface area contributed by atoms with Crippen molar-refractivity contribution in [3.63, 3.8) is 0 Å². The van der Waals surface area contributed by atoms with Crippen LogP contribution < -0.4 is 0 Å². The second-order valence-electron chi connectivity index (χ2n) is 5.17. The lowest BCUT2D eigenvalue weighted by Gasteiger charge is -2.31. The van der Waals surface area contributed by atoms with E-state index in [9.17, 15) is 0 Å². The van der Waals surface area contributed by atoms with E-state index < -0.39 is 0 Å². The Hall–Kier alpha value is 0.180. The molecule has 0 saturated heterocycles. The van der Waals surface area contributed by atoms with E-state index in [1.54, 1.807) is 7.11 Å². The lowest BCUT2D eigenvalue weighted by molar-refractivity contribution is 0.0440. The highest BCUT2D eigenvalue weighted by molar-refractivity contribution is 9.11. The van der Waals surface area contributed by atoms with Crippen molar-refractivity contribution in [2.75, 3.05) is 7.11 Å². The number of methoxy groups -OCH3 is 1. The second-order valence-corrected chi connectivity index (χ2v) is 6.02. The van der Waals surface area contributed by atoms with Crippen molar-refractivity contribution in [3.05, 3.63) is 10.1 Å².